The molecule has 1 aromatic carbocycles. The van der Waals surface area contributed by atoms with E-state index in [1.807, 2.05) is 32.0 Å². The lowest BCUT2D eigenvalue weighted by atomic mass is 9.95. The second-order valence-corrected chi connectivity index (χ2v) is 4.91. The van der Waals surface area contributed by atoms with Crippen molar-refractivity contribution < 1.29 is 4.74 Å². The Bertz CT molecular complexity index is 312. The molecule has 1 unspecified atom stereocenters. The van der Waals surface area contributed by atoms with E-state index in [4.69, 9.17) is 10.5 Å². The molecule has 0 aromatic heterocycles. The summed E-state index contributed by atoms with van der Waals surface area (Å²) in [4.78, 5) is 0. The number of rotatable bonds is 5. The first-order valence-corrected chi connectivity index (χ1v) is 5.94. The van der Waals surface area contributed by atoms with Gasteiger partial charge in [0.25, 0.3) is 0 Å². The molecular weight excluding hydrogens is 254 g/mol. The first kappa shape index (κ1) is 12.7. The lowest BCUT2D eigenvalue weighted by Crippen LogP contribution is -2.43. The van der Waals surface area contributed by atoms with Crippen LogP contribution < -0.4 is 5.73 Å². The maximum absolute atomic E-state index is 6.16. The summed E-state index contributed by atoms with van der Waals surface area (Å²) in [5.74, 6) is 0. The predicted molar refractivity (Wildman–Crippen MR) is 66.9 cm³/mol. The fourth-order valence-electron chi connectivity index (χ4n) is 1.46. The molecule has 0 aliphatic rings. The molecule has 0 saturated heterocycles. The molecule has 0 fully saturated rings. The summed E-state index contributed by atoms with van der Waals surface area (Å²) in [6.07, 6.45) is 0.814. The largest absolute Gasteiger partial charge is 0.380 e. The van der Waals surface area contributed by atoms with E-state index in [0.717, 1.165) is 10.9 Å². The van der Waals surface area contributed by atoms with Crippen LogP contribution in [0.5, 0.6) is 0 Å². The zero-order valence-corrected chi connectivity index (χ0v) is 10.9. The highest BCUT2D eigenvalue weighted by atomic mass is 79.9. The monoisotopic (exact) mass is 271 g/mol. The lowest BCUT2D eigenvalue weighted by molar-refractivity contribution is 0.101. The zero-order chi connectivity index (χ0) is 11.3. The summed E-state index contributed by atoms with van der Waals surface area (Å²) in [6, 6.07) is 8.15. The molecule has 1 atom stereocenters. The molecule has 0 radical (unpaired) electrons. The Kier molecular flexibility index (Phi) is 4.77. The molecule has 3 heteroatoms. The van der Waals surface area contributed by atoms with E-state index in [-0.39, 0.29) is 5.54 Å². The molecule has 15 heavy (non-hydrogen) atoms. The van der Waals surface area contributed by atoms with Gasteiger partial charge in [0.1, 0.15) is 0 Å². The van der Waals surface area contributed by atoms with Crippen LogP contribution in [0.3, 0.4) is 0 Å². The highest BCUT2D eigenvalue weighted by Gasteiger charge is 2.20. The number of ether oxygens (including phenoxy) is 1. The van der Waals surface area contributed by atoms with Gasteiger partial charge in [-0.25, -0.2) is 0 Å². The minimum Gasteiger partial charge on any atom is -0.380 e. The average Bonchev–Trinajstić information content (AvgIpc) is 2.18. The number of nitrogens with two attached hydrogens (primary N) is 1. The second-order valence-electron chi connectivity index (χ2n) is 4.06. The van der Waals surface area contributed by atoms with Gasteiger partial charge < -0.3 is 10.5 Å². The van der Waals surface area contributed by atoms with Crippen LogP contribution in [0.2, 0.25) is 0 Å². The highest BCUT2D eigenvalue weighted by molar-refractivity contribution is 9.10. The van der Waals surface area contributed by atoms with Crippen molar-refractivity contribution in [1.29, 1.82) is 0 Å². The Morgan fingerprint density at radius 2 is 2.07 bits per heavy atom. The Hall–Kier alpha value is -0.380. The minimum atomic E-state index is -0.306. The number of hydrogen-bond acceptors (Lipinski definition) is 2. The Balaban J connectivity index is 2.64. The SMILES string of the molecule is CCOCC(C)(N)Cc1ccccc1Br. The maximum Gasteiger partial charge on any atom is 0.0646 e. The van der Waals surface area contributed by atoms with Crippen molar-refractivity contribution >= 4 is 15.9 Å². The van der Waals surface area contributed by atoms with Gasteiger partial charge in [-0.15, -0.1) is 0 Å². The number of benzene rings is 1. The quantitative estimate of drug-likeness (QED) is 0.894. The van der Waals surface area contributed by atoms with Crippen LogP contribution in [0.25, 0.3) is 0 Å². The van der Waals surface area contributed by atoms with Crippen LogP contribution in [0, 0.1) is 0 Å². The smallest absolute Gasteiger partial charge is 0.0646 e. The average molecular weight is 272 g/mol. The van der Waals surface area contributed by atoms with Crippen LogP contribution in [0.15, 0.2) is 28.7 Å². The van der Waals surface area contributed by atoms with Gasteiger partial charge >= 0.3 is 0 Å². The fraction of sp³-hybridized carbons (Fsp3) is 0.500. The molecule has 0 bridgehead atoms. The molecule has 1 rings (SSSR count). The van der Waals surface area contributed by atoms with E-state index in [2.05, 4.69) is 22.0 Å². The fourth-order valence-corrected chi connectivity index (χ4v) is 1.89. The van der Waals surface area contributed by atoms with Crippen LogP contribution in [0.4, 0.5) is 0 Å². The molecule has 84 valence electrons. The van der Waals surface area contributed by atoms with Crippen LogP contribution in [-0.2, 0) is 11.2 Å². The van der Waals surface area contributed by atoms with Gasteiger partial charge in [-0.05, 0) is 31.9 Å². The first-order valence-electron chi connectivity index (χ1n) is 5.15. The van der Waals surface area contributed by atoms with Crippen molar-refractivity contribution in [3.05, 3.63) is 34.3 Å². The van der Waals surface area contributed by atoms with E-state index >= 15 is 0 Å². The van der Waals surface area contributed by atoms with E-state index < -0.39 is 0 Å². The molecule has 2 nitrogen and oxygen atoms in total. The summed E-state index contributed by atoms with van der Waals surface area (Å²) in [6.45, 7) is 5.30. The van der Waals surface area contributed by atoms with Crippen molar-refractivity contribution in [1.82, 2.24) is 0 Å². The zero-order valence-electron chi connectivity index (χ0n) is 9.29. The normalized spacial score (nSPS) is 14.9. The molecule has 0 aliphatic heterocycles. The molecule has 1 aromatic rings. The highest BCUT2D eigenvalue weighted by Crippen LogP contribution is 2.20. The summed E-state index contributed by atoms with van der Waals surface area (Å²) in [7, 11) is 0. The van der Waals surface area contributed by atoms with Crippen molar-refractivity contribution in [2.24, 2.45) is 5.73 Å². The van der Waals surface area contributed by atoms with Crippen LogP contribution >= 0.6 is 15.9 Å². The Morgan fingerprint density at radius 1 is 1.40 bits per heavy atom. The standard InChI is InChI=1S/C12H18BrNO/c1-3-15-9-12(2,14)8-10-6-4-5-7-11(10)13/h4-7H,3,8-9,14H2,1-2H3. The lowest BCUT2D eigenvalue weighted by Gasteiger charge is -2.24. The van der Waals surface area contributed by atoms with Crippen molar-refractivity contribution in [3.63, 3.8) is 0 Å². The molecule has 2 N–H and O–H groups in total. The third-order valence-corrected chi connectivity index (χ3v) is 2.96. The molecule has 0 saturated carbocycles. The predicted octanol–water partition coefficient (Wildman–Crippen LogP) is 2.75. The van der Waals surface area contributed by atoms with Gasteiger partial charge in [-0.3, -0.25) is 0 Å². The molecule has 0 spiro atoms. The maximum atomic E-state index is 6.16. The van der Waals surface area contributed by atoms with Gasteiger partial charge in [0.15, 0.2) is 0 Å². The van der Waals surface area contributed by atoms with Crippen molar-refractivity contribution in [2.75, 3.05) is 13.2 Å². The van der Waals surface area contributed by atoms with Gasteiger partial charge in [0.05, 0.1) is 6.61 Å². The van der Waals surface area contributed by atoms with Gasteiger partial charge in [-0.1, -0.05) is 34.1 Å². The van der Waals surface area contributed by atoms with Crippen molar-refractivity contribution in [3.8, 4) is 0 Å². The molecule has 0 amide bonds. The van der Waals surface area contributed by atoms with E-state index in [9.17, 15) is 0 Å². The van der Waals surface area contributed by atoms with Crippen molar-refractivity contribution in [2.45, 2.75) is 25.8 Å². The van der Waals surface area contributed by atoms with Gasteiger partial charge in [0, 0.05) is 16.6 Å². The Labute approximate surface area is 99.9 Å². The van der Waals surface area contributed by atoms with Crippen LogP contribution in [0.1, 0.15) is 19.4 Å². The van der Waals surface area contributed by atoms with E-state index in [0.29, 0.717) is 13.2 Å². The second kappa shape index (κ2) is 5.64. The number of halogens is 1. The molecular formula is C12H18BrNO. The summed E-state index contributed by atoms with van der Waals surface area (Å²) < 4.78 is 6.48. The number of hydrogen-bond donors (Lipinski definition) is 1. The topological polar surface area (TPSA) is 35.2 Å². The van der Waals surface area contributed by atoms with Crippen LogP contribution in [-0.4, -0.2) is 18.8 Å². The summed E-state index contributed by atoms with van der Waals surface area (Å²) >= 11 is 3.52. The van der Waals surface area contributed by atoms with E-state index in [1.54, 1.807) is 0 Å². The summed E-state index contributed by atoms with van der Waals surface area (Å²) in [5.41, 5.74) is 7.08. The Morgan fingerprint density at radius 3 is 2.67 bits per heavy atom. The van der Waals surface area contributed by atoms with Gasteiger partial charge in [0.2, 0.25) is 0 Å². The first-order chi connectivity index (χ1) is 7.05. The van der Waals surface area contributed by atoms with Gasteiger partial charge in [-0.2, -0.15) is 0 Å². The summed E-state index contributed by atoms with van der Waals surface area (Å²) in [5, 5.41) is 0. The molecule has 0 heterocycles. The minimum absolute atomic E-state index is 0.306. The van der Waals surface area contributed by atoms with E-state index in [1.165, 1.54) is 5.56 Å². The third-order valence-electron chi connectivity index (χ3n) is 2.19. The third kappa shape index (κ3) is 4.33. The molecule has 0 aliphatic carbocycles.